The Kier molecular flexibility index (Phi) is 2.51. The zero-order valence-corrected chi connectivity index (χ0v) is 14.9. The zero-order chi connectivity index (χ0) is 18.2. The van der Waals surface area contributed by atoms with E-state index in [0.29, 0.717) is 0 Å². The first kappa shape index (κ1) is 14.3. The van der Waals surface area contributed by atoms with E-state index >= 15 is 0 Å². The average molecular weight is 358 g/mol. The molecule has 0 unspecified atom stereocenters. The van der Waals surface area contributed by atoms with Crippen LogP contribution in [0.25, 0.3) is 49.6 Å². The second kappa shape index (κ2) is 4.93. The molecule has 4 aromatic heterocycles. The molecule has 1 aliphatic rings. The van der Waals surface area contributed by atoms with E-state index in [1.54, 1.807) is 0 Å². The van der Waals surface area contributed by atoms with Gasteiger partial charge < -0.3 is 0 Å². The van der Waals surface area contributed by atoms with Crippen molar-refractivity contribution in [1.82, 2.24) is 19.4 Å². The van der Waals surface area contributed by atoms with E-state index in [1.807, 2.05) is 30.7 Å². The molecule has 0 aliphatic heterocycles. The molecule has 1 aliphatic carbocycles. The molecule has 2 aromatic carbocycles. The Balaban J connectivity index is 1.84. The highest BCUT2D eigenvalue weighted by Gasteiger charge is 2.24. The van der Waals surface area contributed by atoms with Gasteiger partial charge in [-0.3, -0.25) is 9.38 Å². The number of aromatic nitrogens is 4. The number of hydrogen-bond donors (Lipinski definition) is 0. The van der Waals surface area contributed by atoms with Gasteiger partial charge in [-0.15, -0.1) is 0 Å². The number of benzene rings is 2. The smallest absolute Gasteiger partial charge is 0.148 e. The third-order valence-corrected chi connectivity index (χ3v) is 5.93. The molecule has 0 radical (unpaired) electrons. The maximum Gasteiger partial charge on any atom is 0.148 e. The largest absolute Gasteiger partial charge is 0.276 e. The molecular weight excluding hydrogens is 344 g/mol. The molecule has 4 nitrogen and oxygen atoms in total. The lowest BCUT2D eigenvalue weighted by Gasteiger charge is -2.12. The van der Waals surface area contributed by atoms with Gasteiger partial charge in [0.25, 0.3) is 0 Å². The van der Waals surface area contributed by atoms with Crippen molar-refractivity contribution in [3.05, 3.63) is 84.3 Å². The summed E-state index contributed by atoms with van der Waals surface area (Å²) in [6.07, 6.45) is 6.48. The fraction of sp³-hybridized carbons (Fsp3) is 0.0417. The quantitative estimate of drug-likeness (QED) is 0.352. The number of fused-ring (bicyclic) bond motifs is 12. The Morgan fingerprint density at radius 3 is 2.75 bits per heavy atom. The van der Waals surface area contributed by atoms with Crippen molar-refractivity contribution in [3.63, 3.8) is 0 Å². The first-order valence-electron chi connectivity index (χ1n) is 9.43. The second-order valence-electron chi connectivity index (χ2n) is 7.37. The van der Waals surface area contributed by atoms with Crippen LogP contribution in [-0.2, 0) is 6.42 Å². The van der Waals surface area contributed by atoms with E-state index in [1.165, 1.54) is 33.0 Å². The number of pyridine rings is 3. The highest BCUT2D eigenvalue weighted by molar-refractivity contribution is 6.19. The van der Waals surface area contributed by atoms with Gasteiger partial charge >= 0.3 is 0 Å². The zero-order valence-electron chi connectivity index (χ0n) is 14.9. The van der Waals surface area contributed by atoms with E-state index < -0.39 is 0 Å². The third-order valence-electron chi connectivity index (χ3n) is 5.93. The lowest BCUT2D eigenvalue weighted by atomic mass is 9.97. The van der Waals surface area contributed by atoms with Crippen molar-refractivity contribution in [2.45, 2.75) is 6.42 Å². The highest BCUT2D eigenvalue weighted by atomic mass is 15.1. The summed E-state index contributed by atoms with van der Waals surface area (Å²) >= 11 is 0. The van der Waals surface area contributed by atoms with Crippen LogP contribution in [0.4, 0.5) is 0 Å². The Labute approximate surface area is 160 Å². The molecule has 0 N–H and O–H groups in total. The molecule has 0 amide bonds. The van der Waals surface area contributed by atoms with E-state index in [-0.39, 0.29) is 0 Å². The van der Waals surface area contributed by atoms with Crippen LogP contribution in [0.1, 0.15) is 11.1 Å². The molecule has 28 heavy (non-hydrogen) atoms. The molecule has 6 aromatic rings. The van der Waals surface area contributed by atoms with Gasteiger partial charge in [0.1, 0.15) is 16.8 Å². The van der Waals surface area contributed by atoms with Crippen molar-refractivity contribution in [3.8, 4) is 11.1 Å². The highest BCUT2D eigenvalue weighted by Crippen LogP contribution is 2.44. The van der Waals surface area contributed by atoms with Crippen LogP contribution in [0.15, 0.2) is 73.2 Å². The molecule has 130 valence electrons. The molecule has 7 rings (SSSR count). The predicted octanol–water partition coefficient (Wildman–Crippen LogP) is 5.16. The monoisotopic (exact) mass is 358 g/mol. The van der Waals surface area contributed by atoms with E-state index in [2.05, 4.69) is 51.8 Å². The van der Waals surface area contributed by atoms with Gasteiger partial charge in [-0.2, -0.15) is 0 Å². The van der Waals surface area contributed by atoms with Crippen LogP contribution >= 0.6 is 0 Å². The Bertz CT molecular complexity index is 1590. The molecule has 0 fully saturated rings. The van der Waals surface area contributed by atoms with Gasteiger partial charge in [0.15, 0.2) is 0 Å². The molecule has 4 heteroatoms. The van der Waals surface area contributed by atoms with Gasteiger partial charge in [-0.1, -0.05) is 36.4 Å². The van der Waals surface area contributed by atoms with Crippen molar-refractivity contribution >= 4 is 38.5 Å². The molecule has 0 atom stereocenters. The SMILES string of the molecule is c1ccc2c(c1)Cc1ccc3c4cccnc4n4c5ccncc5nc4c3c1-2. The van der Waals surface area contributed by atoms with E-state index in [9.17, 15) is 0 Å². The molecule has 0 bridgehead atoms. The first-order chi connectivity index (χ1) is 13.9. The summed E-state index contributed by atoms with van der Waals surface area (Å²) in [6, 6.07) is 19.4. The third kappa shape index (κ3) is 1.63. The fourth-order valence-corrected chi connectivity index (χ4v) is 4.78. The normalized spacial score (nSPS) is 12.9. The lowest BCUT2D eigenvalue weighted by molar-refractivity contribution is 1.23. The van der Waals surface area contributed by atoms with Crippen LogP contribution in [0.3, 0.4) is 0 Å². The topological polar surface area (TPSA) is 43.1 Å². The average Bonchev–Trinajstić information content (AvgIpc) is 3.32. The van der Waals surface area contributed by atoms with Gasteiger partial charge in [0.05, 0.1) is 11.7 Å². The van der Waals surface area contributed by atoms with Crippen LogP contribution in [0, 0.1) is 0 Å². The second-order valence-corrected chi connectivity index (χ2v) is 7.37. The summed E-state index contributed by atoms with van der Waals surface area (Å²) in [5.41, 5.74) is 9.20. The van der Waals surface area contributed by atoms with E-state index in [0.717, 1.165) is 34.1 Å². The van der Waals surface area contributed by atoms with Gasteiger partial charge in [0.2, 0.25) is 0 Å². The predicted molar refractivity (Wildman–Crippen MR) is 112 cm³/mol. The summed E-state index contributed by atoms with van der Waals surface area (Å²) in [7, 11) is 0. The lowest BCUT2D eigenvalue weighted by Crippen LogP contribution is -1.95. The fourth-order valence-electron chi connectivity index (χ4n) is 4.78. The Morgan fingerprint density at radius 2 is 1.75 bits per heavy atom. The Hall–Kier alpha value is -3.79. The molecular formula is C24H14N4. The summed E-state index contributed by atoms with van der Waals surface area (Å²) in [6.45, 7) is 0. The Morgan fingerprint density at radius 1 is 0.786 bits per heavy atom. The van der Waals surface area contributed by atoms with Crippen LogP contribution in [-0.4, -0.2) is 19.4 Å². The van der Waals surface area contributed by atoms with Crippen LogP contribution < -0.4 is 0 Å². The van der Waals surface area contributed by atoms with Gasteiger partial charge in [0, 0.05) is 23.2 Å². The summed E-state index contributed by atoms with van der Waals surface area (Å²) in [4.78, 5) is 14.0. The van der Waals surface area contributed by atoms with E-state index in [4.69, 9.17) is 9.97 Å². The summed E-state index contributed by atoms with van der Waals surface area (Å²) < 4.78 is 2.19. The molecule has 0 saturated heterocycles. The van der Waals surface area contributed by atoms with Crippen molar-refractivity contribution < 1.29 is 0 Å². The standard InChI is InChI=1S/C24H14N4/c1-2-5-16-14(4-1)12-15-7-8-17-18-6-3-10-26-23(18)28-20-9-11-25-13-19(20)27-24(28)22(17)21(15)16/h1-11,13H,12H2. The number of hydrogen-bond acceptors (Lipinski definition) is 3. The number of imidazole rings is 1. The first-order valence-corrected chi connectivity index (χ1v) is 9.43. The minimum atomic E-state index is 0.894. The minimum absolute atomic E-state index is 0.894. The maximum atomic E-state index is 5.00. The van der Waals surface area contributed by atoms with Crippen molar-refractivity contribution in [1.29, 1.82) is 0 Å². The van der Waals surface area contributed by atoms with Gasteiger partial charge in [-0.25, -0.2) is 9.97 Å². The minimum Gasteiger partial charge on any atom is -0.276 e. The number of nitrogens with zero attached hydrogens (tertiary/aromatic N) is 4. The summed E-state index contributed by atoms with van der Waals surface area (Å²) in [5, 5.41) is 3.56. The number of rotatable bonds is 0. The summed E-state index contributed by atoms with van der Waals surface area (Å²) in [5.74, 6) is 0. The van der Waals surface area contributed by atoms with Gasteiger partial charge in [-0.05, 0) is 52.3 Å². The van der Waals surface area contributed by atoms with Crippen molar-refractivity contribution in [2.75, 3.05) is 0 Å². The van der Waals surface area contributed by atoms with Crippen LogP contribution in [0.5, 0.6) is 0 Å². The molecule has 0 spiro atoms. The maximum absolute atomic E-state index is 5.00. The molecule has 4 heterocycles. The van der Waals surface area contributed by atoms with Crippen LogP contribution in [0.2, 0.25) is 0 Å². The molecule has 0 saturated carbocycles. The van der Waals surface area contributed by atoms with Crippen molar-refractivity contribution in [2.24, 2.45) is 0 Å².